The number of carbonyl (C=O) groups is 3. The summed E-state index contributed by atoms with van der Waals surface area (Å²) in [5.41, 5.74) is 0. The van der Waals surface area contributed by atoms with E-state index in [0.29, 0.717) is 0 Å². The van der Waals surface area contributed by atoms with E-state index in [9.17, 15) is 14.4 Å². The molecule has 0 saturated heterocycles. The van der Waals surface area contributed by atoms with Gasteiger partial charge in [-0.3, -0.25) is 4.79 Å². The summed E-state index contributed by atoms with van der Waals surface area (Å²) in [5.74, 6) is -2.68. The van der Waals surface area contributed by atoms with E-state index in [4.69, 9.17) is 0 Å². The molecule has 19 heavy (non-hydrogen) atoms. The third kappa shape index (κ3) is 4.09. The monoisotopic (exact) mass is 270 g/mol. The first-order chi connectivity index (χ1) is 9.10. The first-order valence-corrected chi connectivity index (χ1v) is 5.65. The van der Waals surface area contributed by atoms with Crippen molar-refractivity contribution in [1.29, 1.82) is 0 Å². The first-order valence-electron chi connectivity index (χ1n) is 5.65. The van der Waals surface area contributed by atoms with Crippen molar-refractivity contribution >= 4 is 17.8 Å². The molecule has 1 rings (SSSR count). The lowest BCUT2D eigenvalue weighted by molar-refractivity contribution is -0.157. The molecule has 0 aliphatic carbocycles. The molecule has 104 valence electrons. The lowest BCUT2D eigenvalue weighted by Gasteiger charge is -2.14. The Morgan fingerprint density at radius 1 is 1.26 bits per heavy atom. The van der Waals surface area contributed by atoms with E-state index in [2.05, 4.69) is 24.5 Å². The van der Waals surface area contributed by atoms with E-state index in [-0.39, 0.29) is 19.0 Å². The van der Waals surface area contributed by atoms with Gasteiger partial charge in [-0.1, -0.05) is 5.16 Å². The number of amides is 1. The van der Waals surface area contributed by atoms with Crippen LogP contribution in [0.15, 0.2) is 16.8 Å². The first kappa shape index (κ1) is 14.7. The molecule has 0 aliphatic rings. The molecule has 0 radical (unpaired) electrons. The van der Waals surface area contributed by atoms with Crippen LogP contribution in [0, 0.1) is 0 Å². The van der Waals surface area contributed by atoms with Gasteiger partial charge in [0.1, 0.15) is 0 Å². The summed E-state index contributed by atoms with van der Waals surface area (Å²) < 4.78 is 14.0. The van der Waals surface area contributed by atoms with E-state index in [0.717, 1.165) is 0 Å². The number of nitrogens with zero attached hydrogens (tertiary/aromatic N) is 1. The van der Waals surface area contributed by atoms with Gasteiger partial charge < -0.3 is 19.3 Å². The molecule has 8 heteroatoms. The van der Waals surface area contributed by atoms with Gasteiger partial charge in [-0.25, -0.2) is 9.59 Å². The van der Waals surface area contributed by atoms with Gasteiger partial charge in [-0.05, 0) is 13.8 Å². The van der Waals surface area contributed by atoms with Crippen LogP contribution < -0.4 is 5.32 Å². The van der Waals surface area contributed by atoms with Gasteiger partial charge in [0.05, 0.1) is 19.4 Å². The third-order valence-corrected chi connectivity index (χ3v) is 1.98. The van der Waals surface area contributed by atoms with Crippen LogP contribution in [0.2, 0.25) is 0 Å². The van der Waals surface area contributed by atoms with Gasteiger partial charge in [0.2, 0.25) is 11.8 Å². The van der Waals surface area contributed by atoms with Crippen LogP contribution in [0.25, 0.3) is 0 Å². The van der Waals surface area contributed by atoms with Crippen molar-refractivity contribution in [1.82, 2.24) is 10.5 Å². The molecule has 0 aliphatic heterocycles. The van der Waals surface area contributed by atoms with Crippen molar-refractivity contribution in [3.8, 4) is 0 Å². The number of hydrogen-bond donors (Lipinski definition) is 1. The maximum atomic E-state index is 11.7. The molecule has 0 aromatic carbocycles. The Labute approximate surface area is 109 Å². The predicted molar refractivity (Wildman–Crippen MR) is 61.0 cm³/mol. The van der Waals surface area contributed by atoms with Gasteiger partial charge in [0.25, 0.3) is 5.91 Å². The fourth-order valence-corrected chi connectivity index (χ4v) is 1.20. The van der Waals surface area contributed by atoms with Crippen LogP contribution in [0.4, 0.5) is 0 Å². The number of aromatic nitrogens is 1. The van der Waals surface area contributed by atoms with Gasteiger partial charge in [-0.2, -0.15) is 0 Å². The van der Waals surface area contributed by atoms with Gasteiger partial charge >= 0.3 is 11.9 Å². The largest absolute Gasteiger partial charge is 0.464 e. The second-order valence-electron chi connectivity index (χ2n) is 3.29. The highest BCUT2D eigenvalue weighted by molar-refractivity contribution is 6.04. The number of esters is 2. The molecule has 1 aromatic rings. The highest BCUT2D eigenvalue weighted by Gasteiger charge is 2.32. The van der Waals surface area contributed by atoms with Gasteiger partial charge in [-0.15, -0.1) is 0 Å². The van der Waals surface area contributed by atoms with Crippen LogP contribution >= 0.6 is 0 Å². The van der Waals surface area contributed by atoms with Crippen molar-refractivity contribution in [3.05, 3.63) is 18.0 Å². The number of hydrogen-bond acceptors (Lipinski definition) is 7. The lowest BCUT2D eigenvalue weighted by Crippen LogP contribution is -2.48. The molecule has 0 fully saturated rings. The topological polar surface area (TPSA) is 108 Å². The molecule has 8 nitrogen and oxygen atoms in total. The summed E-state index contributed by atoms with van der Waals surface area (Å²) >= 11 is 0. The van der Waals surface area contributed by atoms with Crippen molar-refractivity contribution in [2.24, 2.45) is 0 Å². The second kappa shape index (κ2) is 7.14. The van der Waals surface area contributed by atoms with Crippen molar-refractivity contribution in [2.45, 2.75) is 19.9 Å². The van der Waals surface area contributed by atoms with Crippen molar-refractivity contribution in [3.63, 3.8) is 0 Å². The molecule has 1 heterocycles. The lowest BCUT2D eigenvalue weighted by atomic mass is 10.3. The molecule has 0 atom stereocenters. The summed E-state index contributed by atoms with van der Waals surface area (Å²) in [6.45, 7) is 3.32. The fourth-order valence-electron chi connectivity index (χ4n) is 1.20. The average Bonchev–Trinajstić information content (AvgIpc) is 2.90. The minimum absolute atomic E-state index is 0.0763. The molecular formula is C11H14N2O6. The van der Waals surface area contributed by atoms with E-state index >= 15 is 0 Å². The van der Waals surface area contributed by atoms with Gasteiger partial charge in [0.15, 0.2) is 0 Å². The number of ether oxygens (including phenoxy) is 2. The predicted octanol–water partition coefficient (Wildman–Crippen LogP) is -0.101. The summed E-state index contributed by atoms with van der Waals surface area (Å²) in [6.07, 6.45) is 1.26. The Hall–Kier alpha value is -2.38. The minimum atomic E-state index is -1.53. The van der Waals surface area contributed by atoms with E-state index in [1.165, 1.54) is 12.3 Å². The number of carbonyl (C=O) groups excluding carboxylic acids is 3. The Morgan fingerprint density at radius 3 is 2.26 bits per heavy atom. The number of rotatable bonds is 6. The smallest absolute Gasteiger partial charge is 0.340 e. The highest BCUT2D eigenvalue weighted by atomic mass is 16.6. The highest BCUT2D eigenvalue weighted by Crippen LogP contribution is 2.00. The van der Waals surface area contributed by atoms with Crippen molar-refractivity contribution < 1.29 is 28.4 Å². The summed E-state index contributed by atoms with van der Waals surface area (Å²) in [5, 5.41) is 5.51. The third-order valence-electron chi connectivity index (χ3n) is 1.98. The average molecular weight is 270 g/mol. The van der Waals surface area contributed by atoms with Crippen LogP contribution in [0.1, 0.15) is 24.4 Å². The Kier molecular flexibility index (Phi) is 5.52. The maximum Gasteiger partial charge on any atom is 0.340 e. The van der Waals surface area contributed by atoms with Crippen LogP contribution in [-0.2, 0) is 19.1 Å². The van der Waals surface area contributed by atoms with Crippen LogP contribution in [0.5, 0.6) is 0 Å². The summed E-state index contributed by atoms with van der Waals surface area (Å²) in [4.78, 5) is 34.8. The molecule has 1 amide bonds. The van der Waals surface area contributed by atoms with E-state index in [1.54, 1.807) is 13.8 Å². The molecule has 0 spiro atoms. The quantitative estimate of drug-likeness (QED) is 0.568. The van der Waals surface area contributed by atoms with Gasteiger partial charge in [0, 0.05) is 6.07 Å². The van der Waals surface area contributed by atoms with Crippen LogP contribution in [-0.4, -0.2) is 42.3 Å². The molecule has 1 N–H and O–H groups in total. The van der Waals surface area contributed by atoms with E-state index < -0.39 is 23.9 Å². The fraction of sp³-hybridized carbons (Fsp3) is 0.455. The maximum absolute atomic E-state index is 11.7. The Balaban J connectivity index is 2.76. The zero-order valence-corrected chi connectivity index (χ0v) is 10.5. The molecule has 0 unspecified atom stereocenters. The van der Waals surface area contributed by atoms with Crippen LogP contribution in [0.3, 0.4) is 0 Å². The SMILES string of the molecule is CCOC(=O)C(NC(=O)c1ccno1)C(=O)OCC. The second-order valence-corrected chi connectivity index (χ2v) is 3.29. The molecule has 0 saturated carbocycles. The van der Waals surface area contributed by atoms with Crippen molar-refractivity contribution in [2.75, 3.05) is 13.2 Å². The Morgan fingerprint density at radius 2 is 1.84 bits per heavy atom. The molecular weight excluding hydrogens is 256 g/mol. The standard InChI is InChI=1S/C11H14N2O6/c1-3-17-10(15)8(11(16)18-4-2)13-9(14)7-5-6-12-19-7/h5-6,8H,3-4H2,1-2H3,(H,13,14). The minimum Gasteiger partial charge on any atom is -0.464 e. The zero-order valence-electron chi connectivity index (χ0n) is 10.5. The molecule has 1 aromatic heterocycles. The van der Waals surface area contributed by atoms with E-state index in [1.807, 2.05) is 0 Å². The summed E-state index contributed by atoms with van der Waals surface area (Å²) in [7, 11) is 0. The number of nitrogens with one attached hydrogen (secondary N) is 1. The molecule has 0 bridgehead atoms. The normalized spacial score (nSPS) is 10.1. The zero-order chi connectivity index (χ0) is 14.3. The Bertz CT molecular complexity index is 424. The summed E-state index contributed by atoms with van der Waals surface area (Å²) in [6, 6.07) is -0.236.